The number of carbonyl (C=O) groups excluding carboxylic acids is 1. The molecule has 0 bridgehead atoms. The zero-order valence-corrected chi connectivity index (χ0v) is 18.5. The van der Waals surface area contributed by atoms with Crippen molar-refractivity contribution in [3.63, 3.8) is 0 Å². The van der Waals surface area contributed by atoms with Crippen LogP contribution in [0.4, 0.5) is 5.69 Å². The number of rotatable bonds is 8. The van der Waals surface area contributed by atoms with Crippen LogP contribution in [-0.4, -0.2) is 40.8 Å². The summed E-state index contributed by atoms with van der Waals surface area (Å²) in [5.74, 6) is 0.440. The Morgan fingerprint density at radius 1 is 1.17 bits per heavy atom. The first-order chi connectivity index (χ1) is 13.7. The summed E-state index contributed by atoms with van der Waals surface area (Å²) in [6.45, 7) is 5.26. The Labute approximate surface area is 177 Å². The highest BCUT2D eigenvalue weighted by Crippen LogP contribution is 2.26. The molecule has 0 radical (unpaired) electrons. The summed E-state index contributed by atoms with van der Waals surface area (Å²) in [5.41, 5.74) is 0.514. The Morgan fingerprint density at radius 3 is 2.52 bits per heavy atom. The van der Waals surface area contributed by atoms with Crippen LogP contribution in [0.2, 0.25) is 0 Å². The molecule has 1 amide bonds. The number of hydrogen-bond donors (Lipinski definition) is 3. The average Bonchev–Trinajstić information content (AvgIpc) is 3.32. The second kappa shape index (κ2) is 9.08. The average molecular weight is 452 g/mol. The summed E-state index contributed by atoms with van der Waals surface area (Å²) in [4.78, 5) is 18.0. The van der Waals surface area contributed by atoms with Crippen LogP contribution in [0.1, 0.15) is 20.8 Å². The predicted octanol–water partition coefficient (Wildman–Crippen LogP) is 3.34. The van der Waals surface area contributed by atoms with Crippen LogP contribution in [0, 0.1) is 0 Å². The van der Waals surface area contributed by atoms with Crippen molar-refractivity contribution >= 4 is 44.7 Å². The van der Waals surface area contributed by atoms with Gasteiger partial charge in [0.1, 0.15) is 0 Å². The number of thioether (sulfide) groups is 1. The first-order valence-electron chi connectivity index (χ1n) is 8.81. The van der Waals surface area contributed by atoms with Gasteiger partial charge in [0, 0.05) is 11.7 Å². The van der Waals surface area contributed by atoms with E-state index >= 15 is 0 Å². The fourth-order valence-corrected chi connectivity index (χ4v) is 5.01. The third-order valence-corrected chi connectivity index (χ3v) is 7.21. The van der Waals surface area contributed by atoms with Crippen LogP contribution >= 0.6 is 23.1 Å². The number of anilines is 1. The van der Waals surface area contributed by atoms with Crippen molar-refractivity contribution in [2.24, 2.45) is 0 Å². The molecule has 0 aliphatic heterocycles. The van der Waals surface area contributed by atoms with Gasteiger partial charge in [-0.2, -0.15) is 0 Å². The number of amides is 1. The minimum atomic E-state index is -3.56. The zero-order chi connectivity index (χ0) is 21.0. The van der Waals surface area contributed by atoms with Gasteiger partial charge < -0.3 is 5.32 Å². The van der Waals surface area contributed by atoms with E-state index in [2.05, 4.69) is 25.2 Å². The van der Waals surface area contributed by atoms with Crippen molar-refractivity contribution in [2.75, 3.05) is 5.32 Å². The van der Waals surface area contributed by atoms with Gasteiger partial charge in [0.2, 0.25) is 21.1 Å². The van der Waals surface area contributed by atoms with Crippen LogP contribution in [0.25, 0.3) is 10.7 Å². The van der Waals surface area contributed by atoms with Crippen molar-refractivity contribution < 1.29 is 13.2 Å². The smallest absolute Gasteiger partial charge is 0.240 e. The quantitative estimate of drug-likeness (QED) is 0.452. The Bertz CT molecular complexity index is 1060. The number of benzene rings is 1. The summed E-state index contributed by atoms with van der Waals surface area (Å²) >= 11 is 2.79. The summed E-state index contributed by atoms with van der Waals surface area (Å²) in [6, 6.07) is 9.71. The lowest BCUT2D eigenvalue weighted by atomic mass is 10.3. The van der Waals surface area contributed by atoms with Crippen molar-refractivity contribution in [2.45, 2.75) is 42.1 Å². The van der Waals surface area contributed by atoms with Crippen molar-refractivity contribution in [1.82, 2.24) is 19.9 Å². The molecule has 29 heavy (non-hydrogen) atoms. The van der Waals surface area contributed by atoms with Crippen LogP contribution < -0.4 is 10.0 Å². The Balaban J connectivity index is 1.60. The van der Waals surface area contributed by atoms with Gasteiger partial charge in [-0.3, -0.25) is 9.89 Å². The molecule has 0 aliphatic carbocycles. The minimum Gasteiger partial charge on any atom is -0.325 e. The molecule has 11 heteroatoms. The van der Waals surface area contributed by atoms with E-state index in [1.54, 1.807) is 44.2 Å². The normalized spacial score (nSPS) is 12.8. The maximum Gasteiger partial charge on any atom is 0.240 e. The topological polar surface area (TPSA) is 117 Å². The number of aromatic amines is 1. The largest absolute Gasteiger partial charge is 0.325 e. The number of thiophene rings is 1. The number of nitrogens with one attached hydrogen (secondary N) is 3. The van der Waals surface area contributed by atoms with E-state index in [9.17, 15) is 13.2 Å². The SMILES string of the molecule is CC(C)NS(=O)(=O)c1ccc(NC(=O)C(C)Sc2n[nH]c(-c3cccs3)n2)cc1. The summed E-state index contributed by atoms with van der Waals surface area (Å²) in [6.07, 6.45) is 0. The van der Waals surface area contributed by atoms with Gasteiger partial charge in [0.25, 0.3) is 0 Å². The molecule has 0 aliphatic rings. The number of carbonyl (C=O) groups is 1. The number of hydrogen-bond acceptors (Lipinski definition) is 7. The monoisotopic (exact) mass is 451 g/mol. The van der Waals surface area contributed by atoms with E-state index in [1.165, 1.54) is 23.9 Å². The summed E-state index contributed by atoms with van der Waals surface area (Å²) in [7, 11) is -3.56. The van der Waals surface area contributed by atoms with E-state index in [0.29, 0.717) is 16.7 Å². The second-order valence-electron chi connectivity index (χ2n) is 6.49. The number of H-pyrrole nitrogens is 1. The molecule has 3 N–H and O–H groups in total. The Kier molecular flexibility index (Phi) is 6.73. The van der Waals surface area contributed by atoms with Crippen LogP contribution in [0.15, 0.2) is 51.8 Å². The molecule has 1 unspecified atom stereocenters. The van der Waals surface area contributed by atoms with Gasteiger partial charge in [0.15, 0.2) is 5.82 Å². The maximum absolute atomic E-state index is 12.5. The van der Waals surface area contributed by atoms with Gasteiger partial charge in [-0.15, -0.1) is 16.4 Å². The van der Waals surface area contributed by atoms with E-state index < -0.39 is 15.3 Å². The molecule has 154 valence electrons. The molecule has 1 aromatic carbocycles. The molecule has 3 rings (SSSR count). The molecule has 0 saturated carbocycles. The summed E-state index contributed by atoms with van der Waals surface area (Å²) in [5, 5.41) is 11.8. The molecule has 3 aromatic rings. The van der Waals surface area contributed by atoms with E-state index in [4.69, 9.17) is 0 Å². The second-order valence-corrected chi connectivity index (χ2v) is 10.5. The van der Waals surface area contributed by atoms with Gasteiger partial charge in [-0.25, -0.2) is 18.1 Å². The van der Waals surface area contributed by atoms with Crippen LogP contribution in [0.3, 0.4) is 0 Å². The number of sulfonamides is 1. The zero-order valence-electron chi connectivity index (χ0n) is 16.0. The third-order valence-electron chi connectivity index (χ3n) is 3.69. The molecule has 0 fully saturated rings. The molecular weight excluding hydrogens is 430 g/mol. The van der Waals surface area contributed by atoms with Gasteiger partial charge in [0.05, 0.1) is 15.0 Å². The third kappa shape index (κ3) is 5.66. The molecule has 1 atom stereocenters. The lowest BCUT2D eigenvalue weighted by molar-refractivity contribution is -0.115. The van der Waals surface area contributed by atoms with Gasteiger partial charge >= 0.3 is 0 Å². The van der Waals surface area contributed by atoms with Crippen molar-refractivity contribution in [3.05, 3.63) is 41.8 Å². The molecular formula is C18H21N5O3S3. The lowest BCUT2D eigenvalue weighted by Gasteiger charge is -2.12. The van der Waals surface area contributed by atoms with Gasteiger partial charge in [-0.1, -0.05) is 17.8 Å². The van der Waals surface area contributed by atoms with Crippen LogP contribution in [0.5, 0.6) is 0 Å². The number of nitrogens with zero attached hydrogens (tertiary/aromatic N) is 2. The highest BCUT2D eigenvalue weighted by Gasteiger charge is 2.19. The van der Waals surface area contributed by atoms with E-state index in [0.717, 1.165) is 4.88 Å². The van der Waals surface area contributed by atoms with Crippen LogP contribution in [-0.2, 0) is 14.8 Å². The Hall–Kier alpha value is -2.21. The standard InChI is InChI=1S/C18H21N5O3S3/c1-11(2)23-29(25,26)14-8-6-13(7-9-14)19-17(24)12(3)28-18-20-16(21-22-18)15-5-4-10-27-15/h4-12,23H,1-3H3,(H,19,24)(H,20,21,22). The lowest BCUT2D eigenvalue weighted by Crippen LogP contribution is -2.30. The maximum atomic E-state index is 12.5. The van der Waals surface area contributed by atoms with E-state index in [1.807, 2.05) is 17.5 Å². The van der Waals surface area contributed by atoms with E-state index in [-0.39, 0.29) is 16.8 Å². The molecule has 8 nitrogen and oxygen atoms in total. The highest BCUT2D eigenvalue weighted by atomic mass is 32.2. The predicted molar refractivity (Wildman–Crippen MR) is 116 cm³/mol. The fourth-order valence-electron chi connectivity index (χ4n) is 2.37. The summed E-state index contributed by atoms with van der Waals surface area (Å²) < 4.78 is 26.8. The Morgan fingerprint density at radius 2 is 1.90 bits per heavy atom. The van der Waals surface area contributed by atoms with Gasteiger partial charge in [-0.05, 0) is 56.5 Å². The molecule has 0 spiro atoms. The first kappa shape index (κ1) is 21.5. The number of aromatic nitrogens is 3. The fraction of sp³-hybridized carbons (Fsp3) is 0.278. The molecule has 0 saturated heterocycles. The highest BCUT2D eigenvalue weighted by molar-refractivity contribution is 8.00. The molecule has 2 heterocycles. The van der Waals surface area contributed by atoms with Crippen molar-refractivity contribution in [3.8, 4) is 10.7 Å². The minimum absolute atomic E-state index is 0.147. The first-order valence-corrected chi connectivity index (χ1v) is 12.0. The molecule has 2 aromatic heterocycles. The van der Waals surface area contributed by atoms with Crippen molar-refractivity contribution in [1.29, 1.82) is 0 Å².